The van der Waals surface area contributed by atoms with Crippen molar-refractivity contribution in [1.82, 2.24) is 9.88 Å². The number of hydrogen-bond donors (Lipinski definition) is 2. The van der Waals surface area contributed by atoms with Crippen molar-refractivity contribution in [2.45, 2.75) is 31.9 Å². The van der Waals surface area contributed by atoms with Crippen LogP contribution in [-0.2, 0) is 29.1 Å². The molecular formula is C25H24N2O6. The number of aromatic nitrogens is 1. The summed E-state index contributed by atoms with van der Waals surface area (Å²) < 4.78 is 16.4. The van der Waals surface area contributed by atoms with E-state index in [-0.39, 0.29) is 30.5 Å². The topological polar surface area (TPSA) is 109 Å². The highest BCUT2D eigenvalue weighted by Crippen LogP contribution is 2.35. The van der Waals surface area contributed by atoms with Crippen LogP contribution in [0.15, 0.2) is 62.4 Å². The number of nitrogens with one attached hydrogen (secondary N) is 1. The molecule has 0 bridgehead atoms. The minimum atomic E-state index is -0.749. The lowest BCUT2D eigenvalue weighted by atomic mass is 9.96. The largest absolute Gasteiger partial charge is 0.502 e. The van der Waals surface area contributed by atoms with E-state index in [0.29, 0.717) is 18.8 Å². The molecular weight excluding hydrogens is 424 g/mol. The Morgan fingerprint density at radius 1 is 1.27 bits per heavy atom. The lowest BCUT2D eigenvalue weighted by Gasteiger charge is -2.28. The van der Waals surface area contributed by atoms with Gasteiger partial charge in [-0.3, -0.25) is 9.59 Å². The molecule has 0 saturated heterocycles. The average molecular weight is 448 g/mol. The molecule has 1 unspecified atom stereocenters. The van der Waals surface area contributed by atoms with Gasteiger partial charge in [-0.25, -0.2) is 0 Å². The second-order valence-electron chi connectivity index (χ2n) is 8.19. The smallest absolute Gasteiger partial charge is 0.227 e. The number of amides is 1. The number of nitrogens with zero attached hydrogens (tertiary/aromatic N) is 1. The Labute approximate surface area is 189 Å². The number of carbonyl (C=O) groups is 1. The van der Waals surface area contributed by atoms with E-state index in [9.17, 15) is 14.7 Å². The molecule has 0 spiro atoms. The molecule has 1 aliphatic heterocycles. The average Bonchev–Trinajstić information content (AvgIpc) is 3.47. The van der Waals surface area contributed by atoms with Gasteiger partial charge in [-0.1, -0.05) is 18.2 Å². The van der Waals surface area contributed by atoms with Crippen LogP contribution in [0.1, 0.15) is 40.9 Å². The first kappa shape index (κ1) is 21.1. The number of rotatable bonds is 6. The highest BCUT2D eigenvalue weighted by Gasteiger charge is 2.31. The van der Waals surface area contributed by atoms with Gasteiger partial charge in [0.25, 0.3) is 0 Å². The Morgan fingerprint density at radius 2 is 2.12 bits per heavy atom. The van der Waals surface area contributed by atoms with Crippen LogP contribution in [0.25, 0.3) is 10.9 Å². The number of para-hydroxylation sites is 1. The van der Waals surface area contributed by atoms with Crippen LogP contribution in [0.2, 0.25) is 0 Å². The van der Waals surface area contributed by atoms with E-state index in [0.717, 1.165) is 17.6 Å². The van der Waals surface area contributed by atoms with Gasteiger partial charge in [0, 0.05) is 42.7 Å². The van der Waals surface area contributed by atoms with Crippen LogP contribution in [0.5, 0.6) is 5.75 Å². The van der Waals surface area contributed by atoms with Crippen LogP contribution in [0.4, 0.5) is 0 Å². The minimum Gasteiger partial charge on any atom is -0.502 e. The third-order valence-electron chi connectivity index (χ3n) is 6.10. The predicted molar refractivity (Wildman–Crippen MR) is 120 cm³/mol. The number of furan rings is 1. The summed E-state index contributed by atoms with van der Waals surface area (Å²) in [7, 11) is 1.48. The molecule has 8 heteroatoms. The van der Waals surface area contributed by atoms with E-state index in [1.54, 1.807) is 17.0 Å². The summed E-state index contributed by atoms with van der Waals surface area (Å²) in [4.78, 5) is 30.9. The summed E-state index contributed by atoms with van der Waals surface area (Å²) in [5.74, 6) is -0.706. The Morgan fingerprint density at radius 3 is 2.91 bits per heavy atom. The van der Waals surface area contributed by atoms with Gasteiger partial charge in [-0.15, -0.1) is 0 Å². The summed E-state index contributed by atoms with van der Waals surface area (Å²) >= 11 is 0. The summed E-state index contributed by atoms with van der Waals surface area (Å²) in [6, 6.07) is 12.7. The number of ether oxygens (including phenoxy) is 1. The molecule has 0 aliphatic carbocycles. The SMILES string of the molecule is COCc1cc(=O)c(O)c(C(CC(=O)N2CCc3c([nH]c4ccccc34)C2)c2ccco2)o1. The molecule has 4 aromatic rings. The van der Waals surface area contributed by atoms with Gasteiger partial charge in [0.2, 0.25) is 17.1 Å². The molecule has 0 saturated carbocycles. The van der Waals surface area contributed by atoms with Gasteiger partial charge in [0.05, 0.1) is 18.7 Å². The minimum absolute atomic E-state index is 0.00107. The van der Waals surface area contributed by atoms with Gasteiger partial charge in [0.1, 0.15) is 18.1 Å². The van der Waals surface area contributed by atoms with E-state index in [4.69, 9.17) is 13.6 Å². The number of hydrogen-bond acceptors (Lipinski definition) is 6. The second kappa shape index (κ2) is 8.63. The predicted octanol–water partition coefficient (Wildman–Crippen LogP) is 3.67. The fourth-order valence-electron chi connectivity index (χ4n) is 4.53. The van der Waals surface area contributed by atoms with Crippen molar-refractivity contribution in [3.8, 4) is 5.75 Å². The highest BCUT2D eigenvalue weighted by atomic mass is 16.5. The zero-order chi connectivity index (χ0) is 22.9. The van der Waals surface area contributed by atoms with Gasteiger partial charge < -0.3 is 28.6 Å². The summed E-state index contributed by atoms with van der Waals surface area (Å²) in [5, 5.41) is 11.7. The number of methoxy groups -OCH3 is 1. The number of aromatic hydroxyl groups is 1. The van der Waals surface area contributed by atoms with E-state index >= 15 is 0 Å². The van der Waals surface area contributed by atoms with E-state index < -0.39 is 17.1 Å². The van der Waals surface area contributed by atoms with Crippen molar-refractivity contribution in [3.05, 3.63) is 87.5 Å². The fraction of sp³-hybridized carbons (Fsp3) is 0.280. The zero-order valence-electron chi connectivity index (χ0n) is 18.2. The van der Waals surface area contributed by atoms with Crippen LogP contribution in [0.3, 0.4) is 0 Å². The Kier molecular flexibility index (Phi) is 5.51. The summed E-state index contributed by atoms with van der Waals surface area (Å²) in [5.41, 5.74) is 2.75. The molecule has 1 amide bonds. The second-order valence-corrected chi connectivity index (χ2v) is 8.19. The Bertz CT molecular complexity index is 1350. The standard InChI is InChI=1S/C25H24N2O6/c1-31-14-15-11-21(28)24(30)25(33-15)18(22-7-4-10-32-22)12-23(29)27-9-8-17-16-5-2-3-6-19(16)26-20(17)13-27/h2-7,10-11,18,26,30H,8-9,12-14H2,1H3. The normalized spacial score (nSPS) is 14.4. The zero-order valence-corrected chi connectivity index (χ0v) is 18.2. The maximum atomic E-state index is 13.4. The molecule has 1 atom stereocenters. The fourth-order valence-corrected chi connectivity index (χ4v) is 4.53. The van der Waals surface area contributed by atoms with Crippen molar-refractivity contribution in [1.29, 1.82) is 0 Å². The first-order valence-electron chi connectivity index (χ1n) is 10.8. The van der Waals surface area contributed by atoms with Crippen molar-refractivity contribution >= 4 is 16.8 Å². The van der Waals surface area contributed by atoms with E-state index in [1.807, 2.05) is 18.2 Å². The molecule has 1 aromatic carbocycles. The van der Waals surface area contributed by atoms with Gasteiger partial charge in [-0.05, 0) is 30.2 Å². The number of fused-ring (bicyclic) bond motifs is 3. The maximum absolute atomic E-state index is 13.4. The van der Waals surface area contributed by atoms with Crippen molar-refractivity contribution < 1.29 is 23.5 Å². The molecule has 0 fully saturated rings. The molecule has 5 rings (SSSR count). The molecule has 170 valence electrons. The molecule has 8 nitrogen and oxygen atoms in total. The van der Waals surface area contributed by atoms with Gasteiger partial charge in [0.15, 0.2) is 5.76 Å². The van der Waals surface area contributed by atoms with Crippen molar-refractivity contribution in [2.24, 2.45) is 0 Å². The van der Waals surface area contributed by atoms with Gasteiger partial charge in [-0.2, -0.15) is 0 Å². The third-order valence-corrected chi connectivity index (χ3v) is 6.10. The molecule has 4 heterocycles. The highest BCUT2D eigenvalue weighted by molar-refractivity contribution is 5.85. The van der Waals surface area contributed by atoms with E-state index in [1.165, 1.54) is 30.4 Å². The number of aromatic amines is 1. The number of benzene rings is 1. The lowest BCUT2D eigenvalue weighted by Crippen LogP contribution is -2.36. The number of carbonyl (C=O) groups excluding carboxylic acids is 1. The Balaban J connectivity index is 1.44. The van der Waals surface area contributed by atoms with Crippen molar-refractivity contribution in [2.75, 3.05) is 13.7 Å². The van der Waals surface area contributed by atoms with E-state index in [2.05, 4.69) is 11.1 Å². The summed E-state index contributed by atoms with van der Waals surface area (Å²) in [6.45, 7) is 1.11. The molecule has 2 N–H and O–H groups in total. The Hall–Kier alpha value is -3.78. The van der Waals surface area contributed by atoms with Crippen LogP contribution < -0.4 is 5.43 Å². The van der Waals surface area contributed by atoms with Crippen molar-refractivity contribution in [3.63, 3.8) is 0 Å². The van der Waals surface area contributed by atoms with Gasteiger partial charge >= 0.3 is 0 Å². The molecule has 0 radical (unpaired) electrons. The number of H-pyrrole nitrogens is 1. The van der Waals surface area contributed by atoms with Crippen LogP contribution in [-0.4, -0.2) is 34.6 Å². The molecule has 33 heavy (non-hydrogen) atoms. The van der Waals surface area contributed by atoms with Crippen LogP contribution >= 0.6 is 0 Å². The van der Waals surface area contributed by atoms with Crippen LogP contribution in [0, 0.1) is 0 Å². The third kappa shape index (κ3) is 3.93. The monoisotopic (exact) mass is 448 g/mol. The quantitative estimate of drug-likeness (QED) is 0.466. The summed E-state index contributed by atoms with van der Waals surface area (Å²) in [6.07, 6.45) is 2.22. The first-order valence-corrected chi connectivity index (χ1v) is 10.8. The first-order chi connectivity index (χ1) is 16.0. The maximum Gasteiger partial charge on any atom is 0.227 e. The molecule has 3 aromatic heterocycles. The lowest BCUT2D eigenvalue weighted by molar-refractivity contribution is -0.132. The molecule has 1 aliphatic rings.